The zero-order valence-corrected chi connectivity index (χ0v) is 19.2. The van der Waals surface area contributed by atoms with Gasteiger partial charge >= 0.3 is 0 Å². The molecule has 0 saturated carbocycles. The summed E-state index contributed by atoms with van der Waals surface area (Å²) in [7, 11) is 2.92. The number of ether oxygens (including phenoxy) is 2. The second kappa shape index (κ2) is 8.98. The number of benzene rings is 2. The number of carbonyl (C=O) groups is 2. The third-order valence-electron chi connectivity index (χ3n) is 6.20. The van der Waals surface area contributed by atoms with Crippen molar-refractivity contribution in [3.05, 3.63) is 95.5 Å². The number of carbonyl (C=O) groups excluding carboxylic acids is 2. The number of H-pyrrole nitrogens is 1. The van der Waals surface area contributed by atoms with Crippen LogP contribution >= 0.6 is 0 Å². The van der Waals surface area contributed by atoms with E-state index < -0.39 is 17.7 Å². The SMILES string of the molecule is COc1cccc(OC)c1/C(O)=C1\C(=O)C(=O)N(Cc2cccnc2)C1c1c[nH]c2ccccc12. The summed E-state index contributed by atoms with van der Waals surface area (Å²) in [6.45, 7) is 0.141. The molecule has 0 aliphatic carbocycles. The smallest absolute Gasteiger partial charge is 0.295 e. The number of Topliss-reactive ketones (excluding diaryl/α,β-unsaturated/α-hetero) is 1. The lowest BCUT2D eigenvalue weighted by Crippen LogP contribution is -2.29. The molecular formula is C27H23N3O5. The first kappa shape index (κ1) is 22.2. The highest BCUT2D eigenvalue weighted by Gasteiger charge is 2.47. The summed E-state index contributed by atoms with van der Waals surface area (Å²) in [5, 5.41) is 12.4. The molecule has 35 heavy (non-hydrogen) atoms. The van der Waals surface area contributed by atoms with Gasteiger partial charge in [-0.25, -0.2) is 0 Å². The van der Waals surface area contributed by atoms with Crippen LogP contribution in [0.5, 0.6) is 11.5 Å². The Hall–Kier alpha value is -4.59. The number of likely N-dealkylation sites (tertiary alicyclic amines) is 1. The van der Waals surface area contributed by atoms with Crippen molar-refractivity contribution in [2.45, 2.75) is 12.6 Å². The van der Waals surface area contributed by atoms with Gasteiger partial charge in [0.1, 0.15) is 22.8 Å². The first-order chi connectivity index (χ1) is 17.0. The number of aromatic nitrogens is 2. The van der Waals surface area contributed by atoms with E-state index in [9.17, 15) is 14.7 Å². The lowest BCUT2D eigenvalue weighted by molar-refractivity contribution is -0.140. The Morgan fingerprint density at radius 3 is 2.46 bits per heavy atom. The highest BCUT2D eigenvalue weighted by Crippen LogP contribution is 2.45. The summed E-state index contributed by atoms with van der Waals surface area (Å²) < 4.78 is 10.9. The Bertz CT molecular complexity index is 1440. The van der Waals surface area contributed by atoms with Crippen LogP contribution in [0.3, 0.4) is 0 Å². The van der Waals surface area contributed by atoms with E-state index in [0.717, 1.165) is 16.5 Å². The number of aromatic amines is 1. The standard InChI is InChI=1S/C27H23N3O5/c1-34-20-10-5-11-21(35-2)22(20)25(31)23-24(18-14-29-19-9-4-3-8-17(18)19)30(27(33)26(23)32)15-16-7-6-12-28-13-16/h3-14,24,29,31H,15H2,1-2H3/b25-23+. The number of aliphatic hydroxyl groups excluding tert-OH is 1. The number of hydrogen-bond acceptors (Lipinski definition) is 6. The van der Waals surface area contributed by atoms with Gasteiger partial charge in [-0.05, 0) is 29.8 Å². The molecule has 8 nitrogen and oxygen atoms in total. The highest BCUT2D eigenvalue weighted by atomic mass is 16.5. The van der Waals surface area contributed by atoms with Crippen molar-refractivity contribution in [1.29, 1.82) is 0 Å². The van der Waals surface area contributed by atoms with Crippen molar-refractivity contribution in [2.24, 2.45) is 0 Å². The van der Waals surface area contributed by atoms with Crippen LogP contribution in [-0.4, -0.2) is 45.9 Å². The van der Waals surface area contributed by atoms with Crippen LogP contribution in [0, 0.1) is 0 Å². The number of ketones is 1. The molecule has 5 rings (SSSR count). The maximum Gasteiger partial charge on any atom is 0.295 e. The largest absolute Gasteiger partial charge is 0.506 e. The second-order valence-corrected chi connectivity index (χ2v) is 8.12. The topological polar surface area (TPSA) is 105 Å². The molecule has 2 aromatic heterocycles. The minimum absolute atomic E-state index is 0.0357. The predicted molar refractivity (Wildman–Crippen MR) is 130 cm³/mol. The summed E-state index contributed by atoms with van der Waals surface area (Å²) >= 11 is 0. The van der Waals surface area contributed by atoms with E-state index in [4.69, 9.17) is 9.47 Å². The third kappa shape index (κ3) is 3.69. The number of fused-ring (bicyclic) bond motifs is 1. The summed E-state index contributed by atoms with van der Waals surface area (Å²) in [4.78, 5) is 35.6. The molecule has 1 fully saturated rings. The molecule has 2 N–H and O–H groups in total. The summed E-state index contributed by atoms with van der Waals surface area (Å²) in [6, 6.07) is 15.4. The van der Waals surface area contributed by atoms with Gasteiger partial charge in [0.2, 0.25) is 0 Å². The fourth-order valence-corrected chi connectivity index (χ4v) is 4.59. The maximum absolute atomic E-state index is 13.4. The Morgan fingerprint density at radius 1 is 1.03 bits per heavy atom. The lowest BCUT2D eigenvalue weighted by atomic mass is 9.94. The zero-order valence-electron chi connectivity index (χ0n) is 19.2. The average Bonchev–Trinajstić information content (AvgIpc) is 3.42. The fraction of sp³-hybridized carbons (Fsp3) is 0.148. The summed E-state index contributed by atoms with van der Waals surface area (Å²) in [5.74, 6) is -1.22. The van der Waals surface area contributed by atoms with Crippen molar-refractivity contribution in [3.63, 3.8) is 0 Å². The molecule has 1 atom stereocenters. The van der Waals surface area contributed by atoms with Crippen LogP contribution in [0.4, 0.5) is 0 Å². The van der Waals surface area contributed by atoms with Gasteiger partial charge in [0.15, 0.2) is 0 Å². The zero-order chi connectivity index (χ0) is 24.5. The van der Waals surface area contributed by atoms with Gasteiger partial charge in [0.05, 0.1) is 25.8 Å². The number of aliphatic hydroxyl groups is 1. The first-order valence-electron chi connectivity index (χ1n) is 11.0. The second-order valence-electron chi connectivity index (χ2n) is 8.12. The average molecular weight is 469 g/mol. The molecule has 2 aromatic carbocycles. The minimum atomic E-state index is -0.846. The van der Waals surface area contributed by atoms with E-state index in [1.807, 2.05) is 30.3 Å². The number of nitrogens with zero attached hydrogens (tertiary/aromatic N) is 2. The number of methoxy groups -OCH3 is 2. The van der Waals surface area contributed by atoms with Crippen molar-refractivity contribution in [2.75, 3.05) is 14.2 Å². The molecule has 1 amide bonds. The van der Waals surface area contributed by atoms with Crippen LogP contribution in [-0.2, 0) is 16.1 Å². The van der Waals surface area contributed by atoms with Gasteiger partial charge in [-0.2, -0.15) is 0 Å². The van der Waals surface area contributed by atoms with Gasteiger partial charge in [-0.1, -0.05) is 30.3 Å². The molecule has 1 unspecified atom stereocenters. The Kier molecular flexibility index (Phi) is 5.70. The number of pyridine rings is 1. The first-order valence-corrected chi connectivity index (χ1v) is 11.0. The number of rotatable bonds is 6. The van der Waals surface area contributed by atoms with Gasteiger partial charge in [0, 0.05) is 41.6 Å². The highest BCUT2D eigenvalue weighted by molar-refractivity contribution is 6.46. The number of nitrogens with one attached hydrogen (secondary N) is 1. The molecule has 0 bridgehead atoms. The lowest BCUT2D eigenvalue weighted by Gasteiger charge is -2.25. The fourth-order valence-electron chi connectivity index (χ4n) is 4.59. The number of para-hydroxylation sites is 1. The quantitative estimate of drug-likeness (QED) is 0.249. The molecule has 4 aromatic rings. The Labute approximate surface area is 201 Å². The maximum atomic E-state index is 13.4. The van der Waals surface area contributed by atoms with Crippen molar-refractivity contribution >= 4 is 28.4 Å². The minimum Gasteiger partial charge on any atom is -0.506 e. The normalized spacial score (nSPS) is 17.2. The van der Waals surface area contributed by atoms with Crippen LogP contribution in [0.1, 0.15) is 22.7 Å². The molecule has 0 spiro atoms. The predicted octanol–water partition coefficient (Wildman–Crippen LogP) is 4.20. The van der Waals surface area contributed by atoms with E-state index >= 15 is 0 Å². The van der Waals surface area contributed by atoms with Crippen molar-refractivity contribution in [1.82, 2.24) is 14.9 Å². The van der Waals surface area contributed by atoms with Gasteiger partial charge in [-0.3, -0.25) is 14.6 Å². The summed E-state index contributed by atoms with van der Waals surface area (Å²) in [5.41, 5.74) is 2.48. The summed E-state index contributed by atoms with van der Waals surface area (Å²) in [6.07, 6.45) is 5.06. The van der Waals surface area contributed by atoms with E-state index in [1.54, 1.807) is 42.9 Å². The molecule has 3 heterocycles. The van der Waals surface area contributed by atoms with Crippen LogP contribution < -0.4 is 9.47 Å². The number of hydrogen-bond donors (Lipinski definition) is 2. The third-order valence-corrected chi connectivity index (χ3v) is 6.20. The van der Waals surface area contributed by atoms with Crippen molar-refractivity contribution in [3.8, 4) is 11.5 Å². The molecule has 0 radical (unpaired) electrons. The molecule has 1 aliphatic heterocycles. The Balaban J connectivity index is 1.76. The molecule has 176 valence electrons. The van der Waals surface area contributed by atoms with Crippen molar-refractivity contribution < 1.29 is 24.2 Å². The van der Waals surface area contributed by atoms with Gasteiger partial charge in [0.25, 0.3) is 11.7 Å². The van der Waals surface area contributed by atoms with E-state index in [2.05, 4.69) is 9.97 Å². The van der Waals surface area contributed by atoms with Crippen LogP contribution in [0.15, 0.2) is 78.8 Å². The Morgan fingerprint density at radius 2 is 1.77 bits per heavy atom. The molecule has 1 aliphatic rings. The van der Waals surface area contributed by atoms with Gasteiger partial charge in [-0.15, -0.1) is 0 Å². The molecular weight excluding hydrogens is 446 g/mol. The van der Waals surface area contributed by atoms with Gasteiger partial charge < -0.3 is 24.5 Å². The number of amides is 1. The van der Waals surface area contributed by atoms with Crippen LogP contribution in [0.25, 0.3) is 16.7 Å². The molecule has 1 saturated heterocycles. The van der Waals surface area contributed by atoms with Crippen LogP contribution in [0.2, 0.25) is 0 Å². The van der Waals surface area contributed by atoms with E-state index in [-0.39, 0.29) is 23.4 Å². The monoisotopic (exact) mass is 469 g/mol. The van der Waals surface area contributed by atoms with E-state index in [1.165, 1.54) is 19.1 Å². The van der Waals surface area contributed by atoms with E-state index in [0.29, 0.717) is 17.1 Å². The molecule has 8 heteroatoms.